The molecule has 5 nitrogen and oxygen atoms in total. The number of ether oxygens (including phenoxy) is 1. The zero-order chi connectivity index (χ0) is 9.84. The standard InChI is InChI=1S/C9H8O4.H2O/c1-13-9(12)7-5-3-2-4-6(7)8(10)11;/h2-5H,1H3,(H,10,11);1H2. The lowest BCUT2D eigenvalue weighted by Crippen LogP contribution is -2.09. The first-order valence-electron chi connectivity index (χ1n) is 3.57. The molecule has 0 aromatic heterocycles. The van der Waals surface area contributed by atoms with E-state index in [-0.39, 0.29) is 16.6 Å². The number of carbonyl (C=O) groups excluding carboxylic acids is 1. The summed E-state index contributed by atoms with van der Waals surface area (Å²) in [5.74, 6) is -1.78. The van der Waals surface area contributed by atoms with Crippen molar-refractivity contribution in [3.63, 3.8) is 0 Å². The van der Waals surface area contributed by atoms with Gasteiger partial charge in [0.05, 0.1) is 18.2 Å². The summed E-state index contributed by atoms with van der Waals surface area (Å²) >= 11 is 0. The van der Waals surface area contributed by atoms with Gasteiger partial charge in [-0.25, -0.2) is 9.59 Å². The van der Waals surface area contributed by atoms with Crippen molar-refractivity contribution >= 4 is 11.9 Å². The van der Waals surface area contributed by atoms with Gasteiger partial charge in [0.1, 0.15) is 0 Å². The fourth-order valence-corrected chi connectivity index (χ4v) is 0.958. The molecule has 14 heavy (non-hydrogen) atoms. The first-order valence-corrected chi connectivity index (χ1v) is 3.57. The van der Waals surface area contributed by atoms with E-state index in [0.29, 0.717) is 0 Å². The zero-order valence-corrected chi connectivity index (χ0v) is 7.48. The highest BCUT2D eigenvalue weighted by Gasteiger charge is 2.15. The monoisotopic (exact) mass is 198 g/mol. The Labute approximate surface area is 80.2 Å². The summed E-state index contributed by atoms with van der Waals surface area (Å²) in [5, 5.41) is 8.70. The lowest BCUT2D eigenvalue weighted by Gasteiger charge is -2.02. The molecule has 0 spiro atoms. The van der Waals surface area contributed by atoms with Crippen molar-refractivity contribution in [3.05, 3.63) is 35.4 Å². The van der Waals surface area contributed by atoms with Gasteiger partial charge in [-0.05, 0) is 12.1 Å². The molecule has 0 aliphatic carbocycles. The van der Waals surface area contributed by atoms with Crippen molar-refractivity contribution in [2.75, 3.05) is 7.11 Å². The number of hydrogen-bond acceptors (Lipinski definition) is 3. The minimum Gasteiger partial charge on any atom is -0.478 e. The van der Waals surface area contributed by atoms with Gasteiger partial charge in [0, 0.05) is 0 Å². The molecule has 0 radical (unpaired) electrons. The van der Waals surface area contributed by atoms with Crippen LogP contribution in [-0.2, 0) is 4.74 Å². The van der Waals surface area contributed by atoms with Crippen LogP contribution >= 0.6 is 0 Å². The van der Waals surface area contributed by atoms with E-state index in [1.165, 1.54) is 19.2 Å². The number of methoxy groups -OCH3 is 1. The number of hydrogen-bond donors (Lipinski definition) is 1. The molecule has 1 rings (SSSR count). The Bertz CT molecular complexity index is 345. The molecule has 1 aromatic rings. The third kappa shape index (κ3) is 2.30. The molecule has 3 N–H and O–H groups in total. The van der Waals surface area contributed by atoms with Gasteiger partial charge >= 0.3 is 11.9 Å². The molecule has 0 heterocycles. The lowest BCUT2D eigenvalue weighted by atomic mass is 10.1. The second-order valence-corrected chi connectivity index (χ2v) is 2.34. The Morgan fingerprint density at radius 1 is 1.21 bits per heavy atom. The van der Waals surface area contributed by atoms with Crippen LogP contribution in [0.4, 0.5) is 0 Å². The summed E-state index contributed by atoms with van der Waals surface area (Å²) in [6.07, 6.45) is 0. The van der Waals surface area contributed by atoms with Crippen molar-refractivity contribution < 1.29 is 24.9 Å². The summed E-state index contributed by atoms with van der Waals surface area (Å²) in [6, 6.07) is 5.90. The maximum absolute atomic E-state index is 11.1. The van der Waals surface area contributed by atoms with Crippen LogP contribution in [-0.4, -0.2) is 29.6 Å². The molecular weight excluding hydrogens is 188 g/mol. The number of carboxylic acids is 1. The average Bonchev–Trinajstić information content (AvgIpc) is 2.16. The highest BCUT2D eigenvalue weighted by molar-refractivity contribution is 6.02. The first kappa shape index (κ1) is 12.1. The Morgan fingerprint density at radius 2 is 1.71 bits per heavy atom. The van der Waals surface area contributed by atoms with Crippen molar-refractivity contribution in [2.45, 2.75) is 0 Å². The molecule has 1 aromatic carbocycles. The van der Waals surface area contributed by atoms with Crippen molar-refractivity contribution in [3.8, 4) is 0 Å². The average molecular weight is 198 g/mol. The molecule has 0 amide bonds. The van der Waals surface area contributed by atoms with Gasteiger partial charge < -0.3 is 15.3 Å². The fraction of sp³-hybridized carbons (Fsp3) is 0.111. The summed E-state index contributed by atoms with van der Waals surface area (Å²) in [4.78, 5) is 21.7. The van der Waals surface area contributed by atoms with Gasteiger partial charge in [-0.2, -0.15) is 0 Å². The Hall–Kier alpha value is -1.88. The second-order valence-electron chi connectivity index (χ2n) is 2.34. The summed E-state index contributed by atoms with van der Waals surface area (Å²) in [5.41, 5.74) is 0.0202. The zero-order valence-electron chi connectivity index (χ0n) is 7.48. The third-order valence-corrected chi connectivity index (χ3v) is 1.56. The van der Waals surface area contributed by atoms with Crippen LogP contribution in [0.15, 0.2) is 24.3 Å². The number of rotatable bonds is 2. The first-order chi connectivity index (χ1) is 6.16. The maximum atomic E-state index is 11.1. The number of benzene rings is 1. The van der Waals surface area contributed by atoms with E-state index < -0.39 is 11.9 Å². The molecule has 0 fully saturated rings. The van der Waals surface area contributed by atoms with Gasteiger partial charge in [0.15, 0.2) is 0 Å². The molecule has 0 unspecified atom stereocenters. The molecule has 0 bridgehead atoms. The Kier molecular flexibility index (Phi) is 4.31. The van der Waals surface area contributed by atoms with E-state index in [1.807, 2.05) is 0 Å². The largest absolute Gasteiger partial charge is 0.478 e. The van der Waals surface area contributed by atoms with Crippen LogP contribution in [0.3, 0.4) is 0 Å². The van der Waals surface area contributed by atoms with Crippen LogP contribution in [0.1, 0.15) is 20.7 Å². The molecular formula is C9H10O5. The molecule has 5 heteroatoms. The molecule has 0 aliphatic rings. The quantitative estimate of drug-likeness (QED) is 0.693. The predicted molar refractivity (Wildman–Crippen MR) is 48.4 cm³/mol. The van der Waals surface area contributed by atoms with E-state index in [1.54, 1.807) is 12.1 Å². The van der Waals surface area contributed by atoms with Crippen LogP contribution in [0.5, 0.6) is 0 Å². The molecule has 0 atom stereocenters. The van der Waals surface area contributed by atoms with Gasteiger partial charge in [0.2, 0.25) is 0 Å². The summed E-state index contributed by atoms with van der Waals surface area (Å²) in [7, 11) is 1.21. The Morgan fingerprint density at radius 3 is 2.14 bits per heavy atom. The van der Waals surface area contributed by atoms with Crippen LogP contribution < -0.4 is 0 Å². The fourth-order valence-electron chi connectivity index (χ4n) is 0.958. The number of aromatic carboxylic acids is 1. The summed E-state index contributed by atoms with van der Waals surface area (Å²) < 4.78 is 4.42. The summed E-state index contributed by atoms with van der Waals surface area (Å²) in [6.45, 7) is 0. The van der Waals surface area contributed by atoms with E-state index in [4.69, 9.17) is 5.11 Å². The number of esters is 1. The number of carbonyl (C=O) groups is 2. The van der Waals surface area contributed by atoms with Crippen LogP contribution in [0.2, 0.25) is 0 Å². The van der Waals surface area contributed by atoms with E-state index >= 15 is 0 Å². The lowest BCUT2D eigenvalue weighted by molar-refractivity contribution is 0.0582. The highest BCUT2D eigenvalue weighted by Crippen LogP contribution is 2.09. The van der Waals surface area contributed by atoms with Gasteiger partial charge in [-0.1, -0.05) is 12.1 Å². The maximum Gasteiger partial charge on any atom is 0.338 e. The minimum absolute atomic E-state index is 0. The van der Waals surface area contributed by atoms with Gasteiger partial charge in [-0.15, -0.1) is 0 Å². The van der Waals surface area contributed by atoms with E-state index in [2.05, 4.69) is 4.74 Å². The van der Waals surface area contributed by atoms with Gasteiger partial charge in [0.25, 0.3) is 0 Å². The molecule has 0 aliphatic heterocycles. The SMILES string of the molecule is COC(=O)c1ccccc1C(=O)O.O. The number of carboxylic acid groups (broad SMARTS) is 1. The Balaban J connectivity index is 0.00000169. The van der Waals surface area contributed by atoms with Crippen molar-refractivity contribution in [1.29, 1.82) is 0 Å². The highest BCUT2D eigenvalue weighted by atomic mass is 16.5. The molecule has 0 saturated carbocycles. The van der Waals surface area contributed by atoms with Crippen molar-refractivity contribution in [1.82, 2.24) is 0 Å². The molecule has 0 saturated heterocycles. The van der Waals surface area contributed by atoms with Crippen molar-refractivity contribution in [2.24, 2.45) is 0 Å². The topological polar surface area (TPSA) is 95.1 Å². The second kappa shape index (κ2) is 4.98. The van der Waals surface area contributed by atoms with Crippen LogP contribution in [0, 0.1) is 0 Å². The smallest absolute Gasteiger partial charge is 0.338 e. The normalized spacial score (nSPS) is 8.64. The van der Waals surface area contributed by atoms with Gasteiger partial charge in [-0.3, -0.25) is 0 Å². The van der Waals surface area contributed by atoms with Crippen LogP contribution in [0.25, 0.3) is 0 Å². The third-order valence-electron chi connectivity index (χ3n) is 1.56. The molecule has 76 valence electrons. The predicted octanol–water partition coefficient (Wildman–Crippen LogP) is 0.347. The van der Waals surface area contributed by atoms with E-state index in [0.717, 1.165) is 0 Å². The minimum atomic E-state index is -1.14. The van der Waals surface area contributed by atoms with E-state index in [9.17, 15) is 9.59 Å².